The summed E-state index contributed by atoms with van der Waals surface area (Å²) in [4.78, 5) is 33.6. The van der Waals surface area contributed by atoms with Gasteiger partial charge in [-0.3, -0.25) is 19.7 Å². The largest absolute Gasteiger partial charge is 0.396 e. The number of nitrogens with two attached hydrogens (primary N) is 1. The number of nitrogens with zero attached hydrogens (tertiary/aromatic N) is 1. The molecule has 1 fully saturated rings. The molecule has 1 aliphatic rings. The Morgan fingerprint density at radius 3 is 2.86 bits per heavy atom. The molecule has 0 aliphatic carbocycles. The number of nitro groups is 1. The van der Waals surface area contributed by atoms with Crippen molar-refractivity contribution >= 4 is 23.2 Å². The summed E-state index contributed by atoms with van der Waals surface area (Å²) in [6, 6.07) is 0.714. The average Bonchev–Trinajstić information content (AvgIpc) is 2.43. The molecule has 21 heavy (non-hydrogen) atoms. The molecule has 112 valence electrons. The van der Waals surface area contributed by atoms with Gasteiger partial charge in [0.25, 0.3) is 11.6 Å². The lowest BCUT2D eigenvalue weighted by atomic mass is 10.1. The molecular formula is C12H13FN4O4. The molecule has 1 aromatic rings. The Kier molecular flexibility index (Phi) is 4.01. The number of carbonyl (C=O) groups excluding carboxylic acids is 2. The van der Waals surface area contributed by atoms with Gasteiger partial charge in [-0.2, -0.15) is 0 Å². The first kappa shape index (κ1) is 14.7. The fourth-order valence-corrected chi connectivity index (χ4v) is 2.06. The molecule has 0 saturated carbocycles. The van der Waals surface area contributed by atoms with Crippen molar-refractivity contribution in [3.63, 3.8) is 0 Å². The summed E-state index contributed by atoms with van der Waals surface area (Å²) in [6.45, 7) is 0.523. The Morgan fingerprint density at radius 2 is 2.24 bits per heavy atom. The summed E-state index contributed by atoms with van der Waals surface area (Å²) in [6.07, 6.45) is 1.12. The van der Waals surface area contributed by atoms with E-state index < -0.39 is 28.4 Å². The van der Waals surface area contributed by atoms with Crippen molar-refractivity contribution in [2.75, 3.05) is 12.3 Å². The van der Waals surface area contributed by atoms with Crippen molar-refractivity contribution in [3.8, 4) is 0 Å². The number of benzene rings is 1. The molecule has 9 heteroatoms. The molecular weight excluding hydrogens is 283 g/mol. The zero-order valence-electron chi connectivity index (χ0n) is 10.9. The number of nitro benzene ring substituents is 1. The standard InChI is InChI=1S/C12H13FN4O4/c13-7-5-10(17(20)21)6(4-8(7)14)11(18)16-9-2-1-3-15-12(9)19/h4-5,9H,1-3,14H2,(H,15,19)(H,16,18). The van der Waals surface area contributed by atoms with E-state index in [2.05, 4.69) is 10.6 Å². The zero-order valence-corrected chi connectivity index (χ0v) is 10.9. The molecule has 2 rings (SSSR count). The molecule has 1 heterocycles. The fourth-order valence-electron chi connectivity index (χ4n) is 2.06. The second-order valence-electron chi connectivity index (χ2n) is 4.61. The van der Waals surface area contributed by atoms with Crippen LogP contribution < -0.4 is 16.4 Å². The van der Waals surface area contributed by atoms with Crippen molar-refractivity contribution in [3.05, 3.63) is 33.6 Å². The van der Waals surface area contributed by atoms with Gasteiger partial charge in [0, 0.05) is 6.54 Å². The number of piperidine rings is 1. The van der Waals surface area contributed by atoms with E-state index in [1.54, 1.807) is 0 Å². The van der Waals surface area contributed by atoms with Gasteiger partial charge in [0.1, 0.15) is 11.6 Å². The summed E-state index contributed by atoms with van der Waals surface area (Å²) in [5.41, 5.74) is 3.88. The van der Waals surface area contributed by atoms with Crippen LogP contribution in [0, 0.1) is 15.9 Å². The Bertz CT molecular complexity index is 620. The van der Waals surface area contributed by atoms with Crippen LogP contribution in [0.15, 0.2) is 12.1 Å². The molecule has 8 nitrogen and oxygen atoms in total. The maximum atomic E-state index is 13.3. The Balaban J connectivity index is 2.28. The number of carbonyl (C=O) groups is 2. The van der Waals surface area contributed by atoms with E-state index >= 15 is 0 Å². The average molecular weight is 296 g/mol. The summed E-state index contributed by atoms with van der Waals surface area (Å²) >= 11 is 0. The highest BCUT2D eigenvalue weighted by Gasteiger charge is 2.28. The highest BCUT2D eigenvalue weighted by atomic mass is 19.1. The number of halogens is 1. The highest BCUT2D eigenvalue weighted by Crippen LogP contribution is 2.24. The molecule has 0 radical (unpaired) electrons. The number of hydrogen-bond donors (Lipinski definition) is 3. The van der Waals surface area contributed by atoms with Crippen LogP contribution in [0.25, 0.3) is 0 Å². The summed E-state index contributed by atoms with van der Waals surface area (Å²) in [5, 5.41) is 15.9. The highest BCUT2D eigenvalue weighted by molar-refractivity contribution is 6.01. The smallest absolute Gasteiger partial charge is 0.285 e. The van der Waals surface area contributed by atoms with Crippen LogP contribution in [0.5, 0.6) is 0 Å². The molecule has 2 amide bonds. The van der Waals surface area contributed by atoms with Crippen LogP contribution >= 0.6 is 0 Å². The van der Waals surface area contributed by atoms with E-state index in [0.717, 1.165) is 6.07 Å². The number of nitrogens with one attached hydrogen (secondary N) is 2. The van der Waals surface area contributed by atoms with Crippen molar-refractivity contribution < 1.29 is 18.9 Å². The lowest BCUT2D eigenvalue weighted by Crippen LogP contribution is -2.50. The van der Waals surface area contributed by atoms with E-state index in [1.165, 1.54) is 0 Å². The second kappa shape index (κ2) is 5.73. The first-order valence-electron chi connectivity index (χ1n) is 6.22. The minimum Gasteiger partial charge on any atom is -0.396 e. The lowest BCUT2D eigenvalue weighted by molar-refractivity contribution is -0.385. The van der Waals surface area contributed by atoms with E-state index in [0.29, 0.717) is 25.5 Å². The van der Waals surface area contributed by atoms with Gasteiger partial charge in [-0.05, 0) is 18.9 Å². The van der Waals surface area contributed by atoms with Gasteiger partial charge in [-0.15, -0.1) is 0 Å². The Hall–Kier alpha value is -2.71. The molecule has 1 atom stereocenters. The monoisotopic (exact) mass is 296 g/mol. The minimum absolute atomic E-state index is 0.354. The maximum Gasteiger partial charge on any atom is 0.285 e. The Labute approximate surface area is 118 Å². The third-order valence-corrected chi connectivity index (χ3v) is 3.15. The summed E-state index contributed by atoms with van der Waals surface area (Å²) in [7, 11) is 0. The predicted molar refractivity (Wildman–Crippen MR) is 71.0 cm³/mol. The van der Waals surface area contributed by atoms with Crippen molar-refractivity contribution in [2.45, 2.75) is 18.9 Å². The molecule has 0 aromatic heterocycles. The third kappa shape index (κ3) is 3.07. The minimum atomic E-state index is -0.978. The lowest BCUT2D eigenvalue weighted by Gasteiger charge is -2.22. The van der Waals surface area contributed by atoms with Crippen molar-refractivity contribution in [1.29, 1.82) is 0 Å². The van der Waals surface area contributed by atoms with Crippen LogP contribution in [0.2, 0.25) is 0 Å². The number of anilines is 1. The number of amides is 2. The second-order valence-corrected chi connectivity index (χ2v) is 4.61. The number of nitrogen functional groups attached to an aromatic ring is 1. The SMILES string of the molecule is Nc1cc(C(=O)NC2CCCNC2=O)c([N+](=O)[O-])cc1F. The van der Waals surface area contributed by atoms with Crippen LogP contribution in [0.3, 0.4) is 0 Å². The molecule has 1 saturated heterocycles. The Morgan fingerprint density at radius 1 is 1.52 bits per heavy atom. The normalized spacial score (nSPS) is 18.0. The number of rotatable bonds is 3. The van der Waals surface area contributed by atoms with Crippen LogP contribution in [-0.2, 0) is 4.79 Å². The fraction of sp³-hybridized carbons (Fsp3) is 0.333. The van der Waals surface area contributed by atoms with Crippen LogP contribution in [0.4, 0.5) is 15.8 Å². The molecule has 1 aromatic carbocycles. The van der Waals surface area contributed by atoms with Crippen LogP contribution in [0.1, 0.15) is 23.2 Å². The molecule has 4 N–H and O–H groups in total. The van der Waals surface area contributed by atoms with Gasteiger partial charge in [-0.25, -0.2) is 4.39 Å². The maximum absolute atomic E-state index is 13.3. The van der Waals surface area contributed by atoms with Gasteiger partial charge in [0.15, 0.2) is 5.82 Å². The molecule has 0 bridgehead atoms. The van der Waals surface area contributed by atoms with E-state index in [4.69, 9.17) is 5.73 Å². The van der Waals surface area contributed by atoms with Crippen LogP contribution in [-0.4, -0.2) is 29.3 Å². The van der Waals surface area contributed by atoms with Crippen molar-refractivity contribution in [2.24, 2.45) is 0 Å². The van der Waals surface area contributed by atoms with Crippen molar-refractivity contribution in [1.82, 2.24) is 10.6 Å². The van der Waals surface area contributed by atoms with Gasteiger partial charge in [-0.1, -0.05) is 0 Å². The summed E-state index contributed by atoms with van der Waals surface area (Å²) in [5.74, 6) is -2.17. The van der Waals surface area contributed by atoms with E-state index in [-0.39, 0.29) is 17.2 Å². The third-order valence-electron chi connectivity index (χ3n) is 3.15. The number of hydrogen-bond acceptors (Lipinski definition) is 5. The molecule has 1 aliphatic heterocycles. The first-order valence-corrected chi connectivity index (χ1v) is 6.22. The van der Waals surface area contributed by atoms with Gasteiger partial charge in [0.2, 0.25) is 5.91 Å². The van der Waals surface area contributed by atoms with Gasteiger partial charge in [0.05, 0.1) is 16.7 Å². The predicted octanol–water partition coefficient (Wildman–Crippen LogP) is 0.325. The molecule has 1 unspecified atom stereocenters. The van der Waals surface area contributed by atoms with E-state index in [1.807, 2.05) is 0 Å². The summed E-state index contributed by atoms with van der Waals surface area (Å²) < 4.78 is 13.3. The van der Waals surface area contributed by atoms with Gasteiger partial charge >= 0.3 is 0 Å². The molecule has 0 spiro atoms. The topological polar surface area (TPSA) is 127 Å². The van der Waals surface area contributed by atoms with Gasteiger partial charge < -0.3 is 16.4 Å². The van der Waals surface area contributed by atoms with E-state index in [9.17, 15) is 24.1 Å². The first-order chi connectivity index (χ1) is 9.90. The zero-order chi connectivity index (χ0) is 15.6. The quantitative estimate of drug-likeness (QED) is 0.420.